The van der Waals surface area contributed by atoms with Crippen LogP contribution in [0.4, 0.5) is 18.9 Å². The van der Waals surface area contributed by atoms with Gasteiger partial charge in [-0.1, -0.05) is 30.2 Å². The first kappa shape index (κ1) is 16.2. The first-order valence-electron chi connectivity index (χ1n) is 7.03. The van der Waals surface area contributed by atoms with Crippen molar-refractivity contribution in [2.45, 2.75) is 32.9 Å². The summed E-state index contributed by atoms with van der Waals surface area (Å²) in [4.78, 5) is 0. The van der Waals surface area contributed by atoms with Crippen molar-refractivity contribution in [3.8, 4) is 0 Å². The Morgan fingerprint density at radius 2 is 2.05 bits per heavy atom. The summed E-state index contributed by atoms with van der Waals surface area (Å²) >= 11 is 5.94. The molecule has 116 valence electrons. The van der Waals surface area contributed by atoms with Crippen LogP contribution in [0, 0.1) is 11.8 Å². The minimum atomic E-state index is -4.36. The number of rotatable bonds is 3. The molecule has 0 radical (unpaired) electrons. The van der Waals surface area contributed by atoms with Gasteiger partial charge in [-0.25, -0.2) is 0 Å². The minimum Gasteiger partial charge on any atom is -0.384 e. The highest BCUT2D eigenvalue weighted by atomic mass is 35.5. The van der Waals surface area contributed by atoms with Crippen molar-refractivity contribution in [1.82, 2.24) is 0 Å². The lowest BCUT2D eigenvalue weighted by atomic mass is 9.84. The van der Waals surface area contributed by atoms with Crippen molar-refractivity contribution in [2.75, 3.05) is 11.9 Å². The first-order chi connectivity index (χ1) is 9.75. The molecule has 0 bridgehead atoms. The number of hydrogen-bond donors (Lipinski definition) is 1. The Kier molecular flexibility index (Phi) is 4.87. The molecule has 0 saturated carbocycles. The average Bonchev–Trinajstić information content (AvgIpc) is 2.35. The zero-order valence-corrected chi connectivity index (χ0v) is 12.9. The van der Waals surface area contributed by atoms with E-state index in [9.17, 15) is 13.2 Å². The zero-order valence-electron chi connectivity index (χ0n) is 12.1. The molecule has 21 heavy (non-hydrogen) atoms. The number of halogens is 4. The van der Waals surface area contributed by atoms with E-state index in [2.05, 4.69) is 25.2 Å². The third kappa shape index (κ3) is 4.40. The molecule has 2 atom stereocenters. The normalized spacial score (nSPS) is 22.9. The van der Waals surface area contributed by atoms with Crippen molar-refractivity contribution in [3.05, 3.63) is 40.4 Å². The maximum absolute atomic E-state index is 12.6. The van der Waals surface area contributed by atoms with E-state index in [0.717, 1.165) is 31.5 Å². The summed E-state index contributed by atoms with van der Waals surface area (Å²) in [6, 6.07) is 3.43. The van der Waals surface area contributed by atoms with E-state index in [4.69, 9.17) is 11.6 Å². The van der Waals surface area contributed by atoms with Crippen LogP contribution < -0.4 is 5.32 Å². The number of alkyl halides is 3. The van der Waals surface area contributed by atoms with Gasteiger partial charge in [0.25, 0.3) is 0 Å². The molecule has 1 aliphatic carbocycles. The van der Waals surface area contributed by atoms with E-state index in [1.54, 1.807) is 0 Å². The SMILES string of the molecule is CC1=CC(C)CC(CNc2ccc(C(F)(F)F)cc2Cl)C1. The first-order valence-corrected chi connectivity index (χ1v) is 7.41. The molecule has 1 aromatic carbocycles. The second kappa shape index (κ2) is 6.30. The summed E-state index contributed by atoms with van der Waals surface area (Å²) in [6.45, 7) is 5.02. The van der Waals surface area contributed by atoms with Gasteiger partial charge in [-0.2, -0.15) is 13.2 Å². The van der Waals surface area contributed by atoms with E-state index < -0.39 is 11.7 Å². The molecule has 0 heterocycles. The molecular weight excluding hydrogens is 299 g/mol. The zero-order chi connectivity index (χ0) is 15.6. The maximum Gasteiger partial charge on any atom is 0.416 e. The van der Waals surface area contributed by atoms with Gasteiger partial charge in [0.15, 0.2) is 0 Å². The van der Waals surface area contributed by atoms with Crippen LogP contribution in [-0.4, -0.2) is 6.54 Å². The fourth-order valence-corrected chi connectivity index (χ4v) is 3.18. The molecule has 2 unspecified atom stereocenters. The van der Waals surface area contributed by atoms with E-state index in [0.29, 0.717) is 17.5 Å². The molecule has 0 spiro atoms. The van der Waals surface area contributed by atoms with Crippen molar-refractivity contribution < 1.29 is 13.2 Å². The second-order valence-corrected chi connectivity index (χ2v) is 6.28. The summed E-state index contributed by atoms with van der Waals surface area (Å²) in [6.07, 6.45) is 0.0304. The van der Waals surface area contributed by atoms with Crippen LogP contribution in [-0.2, 0) is 6.18 Å². The van der Waals surface area contributed by atoms with Crippen LogP contribution in [0.2, 0.25) is 5.02 Å². The van der Waals surface area contributed by atoms with Crippen molar-refractivity contribution in [2.24, 2.45) is 11.8 Å². The summed E-state index contributed by atoms with van der Waals surface area (Å²) in [5, 5.41) is 3.29. The van der Waals surface area contributed by atoms with Crippen LogP contribution >= 0.6 is 11.6 Å². The molecule has 0 aromatic heterocycles. The molecule has 1 nitrogen and oxygen atoms in total. The monoisotopic (exact) mass is 317 g/mol. The lowest BCUT2D eigenvalue weighted by molar-refractivity contribution is -0.137. The highest BCUT2D eigenvalue weighted by molar-refractivity contribution is 6.33. The lowest BCUT2D eigenvalue weighted by Crippen LogP contribution is -2.20. The second-order valence-electron chi connectivity index (χ2n) is 5.87. The van der Waals surface area contributed by atoms with E-state index >= 15 is 0 Å². The van der Waals surface area contributed by atoms with Crippen LogP contribution in [0.15, 0.2) is 29.8 Å². The van der Waals surface area contributed by atoms with Gasteiger partial charge in [-0.05, 0) is 49.8 Å². The van der Waals surface area contributed by atoms with Gasteiger partial charge in [0, 0.05) is 6.54 Å². The topological polar surface area (TPSA) is 12.0 Å². The molecule has 1 aliphatic rings. The molecule has 0 amide bonds. The van der Waals surface area contributed by atoms with Gasteiger partial charge in [-0.3, -0.25) is 0 Å². The lowest BCUT2D eigenvalue weighted by Gasteiger charge is -2.26. The summed E-state index contributed by atoms with van der Waals surface area (Å²) in [7, 11) is 0. The number of allylic oxidation sites excluding steroid dienone is 2. The van der Waals surface area contributed by atoms with Gasteiger partial charge >= 0.3 is 6.18 Å². The fraction of sp³-hybridized carbons (Fsp3) is 0.500. The Morgan fingerprint density at radius 1 is 1.33 bits per heavy atom. The van der Waals surface area contributed by atoms with Crippen LogP contribution in [0.3, 0.4) is 0 Å². The molecule has 2 rings (SSSR count). The highest BCUT2D eigenvalue weighted by Crippen LogP contribution is 2.34. The van der Waals surface area contributed by atoms with E-state index in [1.165, 1.54) is 11.6 Å². The van der Waals surface area contributed by atoms with Crippen LogP contribution in [0.1, 0.15) is 32.3 Å². The number of nitrogens with one attached hydrogen (secondary N) is 1. The molecule has 5 heteroatoms. The fourth-order valence-electron chi connectivity index (χ4n) is 2.93. The van der Waals surface area contributed by atoms with Gasteiger partial charge < -0.3 is 5.32 Å². The number of benzene rings is 1. The highest BCUT2D eigenvalue weighted by Gasteiger charge is 2.30. The van der Waals surface area contributed by atoms with Crippen molar-refractivity contribution in [3.63, 3.8) is 0 Å². The molecular formula is C16H19ClF3N. The third-order valence-corrected chi connectivity index (χ3v) is 4.08. The Balaban J connectivity index is 2.00. The minimum absolute atomic E-state index is 0.112. The van der Waals surface area contributed by atoms with Crippen molar-refractivity contribution >= 4 is 17.3 Å². The standard InChI is InChI=1S/C16H19ClF3N/c1-10-5-11(2)7-12(6-10)9-21-15-4-3-13(8-14(15)17)16(18,19)20/h3-5,8,10,12,21H,6-7,9H2,1-2H3. The quantitative estimate of drug-likeness (QED) is 0.698. The molecule has 1 N–H and O–H groups in total. The van der Waals surface area contributed by atoms with Gasteiger partial charge in [0.05, 0.1) is 16.3 Å². The largest absolute Gasteiger partial charge is 0.416 e. The molecule has 0 aliphatic heterocycles. The molecule has 1 aromatic rings. The summed E-state index contributed by atoms with van der Waals surface area (Å²) in [5.41, 5.74) is 1.21. The maximum atomic E-state index is 12.6. The van der Waals surface area contributed by atoms with Gasteiger partial charge in [-0.15, -0.1) is 0 Å². The van der Waals surface area contributed by atoms with E-state index in [-0.39, 0.29) is 5.02 Å². The number of hydrogen-bond acceptors (Lipinski definition) is 1. The Hall–Kier alpha value is -1.16. The average molecular weight is 318 g/mol. The Morgan fingerprint density at radius 3 is 2.62 bits per heavy atom. The van der Waals surface area contributed by atoms with Crippen LogP contribution in [0.5, 0.6) is 0 Å². The summed E-state index contributed by atoms with van der Waals surface area (Å²) in [5.74, 6) is 1.04. The summed E-state index contributed by atoms with van der Waals surface area (Å²) < 4.78 is 37.7. The van der Waals surface area contributed by atoms with Gasteiger partial charge in [0.1, 0.15) is 0 Å². The molecule has 0 fully saturated rings. The Bertz CT molecular complexity index is 537. The Labute approximate surface area is 128 Å². The number of anilines is 1. The van der Waals surface area contributed by atoms with E-state index in [1.807, 2.05) is 0 Å². The van der Waals surface area contributed by atoms with Gasteiger partial charge in [0.2, 0.25) is 0 Å². The predicted octanol–water partition coefficient (Wildman–Crippen LogP) is 5.76. The van der Waals surface area contributed by atoms with Crippen molar-refractivity contribution in [1.29, 1.82) is 0 Å². The smallest absolute Gasteiger partial charge is 0.384 e. The van der Waals surface area contributed by atoms with Crippen LogP contribution in [0.25, 0.3) is 0 Å². The predicted molar refractivity (Wildman–Crippen MR) is 80.6 cm³/mol. The third-order valence-electron chi connectivity index (χ3n) is 3.76. The molecule has 0 saturated heterocycles.